The number of rotatable bonds is 12. The minimum absolute atomic E-state index is 0.213. The number of likely N-dealkylation sites (tertiary alicyclic amines) is 2. The van der Waals surface area contributed by atoms with E-state index in [9.17, 15) is 33.6 Å². The number of nitrogens with zero attached hydrogens (tertiary/aromatic N) is 2. The van der Waals surface area contributed by atoms with E-state index in [0.29, 0.717) is 83.4 Å². The van der Waals surface area contributed by atoms with Gasteiger partial charge >= 0.3 is 18.2 Å². The van der Waals surface area contributed by atoms with E-state index >= 15 is 0 Å². The number of anilines is 2. The summed E-state index contributed by atoms with van der Waals surface area (Å²) in [5.74, 6) is -2.35. The van der Waals surface area contributed by atoms with Crippen molar-refractivity contribution < 1.29 is 47.8 Å². The molecule has 2 fully saturated rings. The molecule has 6 amide bonds. The predicted octanol–water partition coefficient (Wildman–Crippen LogP) is 8.01. The van der Waals surface area contributed by atoms with E-state index < -0.39 is 77.2 Å². The normalized spacial score (nSPS) is 16.8. The zero-order valence-corrected chi connectivity index (χ0v) is 39.8. The lowest BCUT2D eigenvalue weighted by molar-refractivity contribution is -0.138. The Hall–Kier alpha value is -7.69. The molecule has 0 spiro atoms. The van der Waals surface area contributed by atoms with E-state index in [4.69, 9.17) is 14.2 Å². The van der Waals surface area contributed by atoms with Gasteiger partial charge in [0.2, 0.25) is 11.8 Å². The second-order valence-corrected chi connectivity index (χ2v) is 19.0. The molecule has 69 heavy (non-hydrogen) atoms. The lowest BCUT2D eigenvalue weighted by Gasteiger charge is -2.29. The molecule has 0 aliphatic carbocycles. The Morgan fingerprint density at radius 1 is 0.609 bits per heavy atom. The number of nitrogens with one attached hydrogen (secondary N) is 5. The summed E-state index contributed by atoms with van der Waals surface area (Å²) in [6.45, 7) is 11.0. The summed E-state index contributed by atoms with van der Waals surface area (Å²) < 4.78 is 16.1. The molecule has 4 atom stereocenters. The van der Waals surface area contributed by atoms with Crippen LogP contribution in [0, 0.1) is 0 Å². The number of ether oxygens (including phenoxy) is 3. The van der Waals surface area contributed by atoms with Gasteiger partial charge in [0.15, 0.2) is 0 Å². The first kappa shape index (κ1) is 49.2. The van der Waals surface area contributed by atoms with Crippen LogP contribution in [-0.4, -0.2) is 100 Å². The van der Waals surface area contributed by atoms with Crippen LogP contribution < -0.4 is 21.3 Å². The first-order valence-corrected chi connectivity index (χ1v) is 23.0. The van der Waals surface area contributed by atoms with E-state index in [0.717, 1.165) is 0 Å². The average Bonchev–Trinajstić information content (AvgIpc) is 4.09. The van der Waals surface area contributed by atoms with E-state index in [-0.39, 0.29) is 5.56 Å². The Labute approximate surface area is 400 Å². The molecule has 4 aromatic carbocycles. The Bertz CT molecular complexity index is 2710. The minimum Gasteiger partial charge on any atom is -0.465 e. The largest absolute Gasteiger partial charge is 0.465 e. The van der Waals surface area contributed by atoms with Crippen molar-refractivity contribution in [1.29, 1.82) is 0 Å². The third-order valence-electron chi connectivity index (χ3n) is 11.7. The van der Waals surface area contributed by atoms with Gasteiger partial charge in [-0.1, -0.05) is 72.8 Å². The lowest BCUT2D eigenvalue weighted by atomic mass is 10.0. The molecule has 2 aliphatic heterocycles. The van der Waals surface area contributed by atoms with Crippen LogP contribution in [0.1, 0.15) is 101 Å². The number of amides is 6. The molecule has 17 heteroatoms. The fourth-order valence-corrected chi connectivity index (χ4v) is 8.63. The molecule has 3 heterocycles. The van der Waals surface area contributed by atoms with Gasteiger partial charge in [0, 0.05) is 35.4 Å². The number of carbonyl (C=O) groups is 7. The molecule has 0 saturated carbocycles. The number of carbonyl (C=O) groups excluding carboxylic acids is 7. The van der Waals surface area contributed by atoms with Crippen molar-refractivity contribution in [2.24, 2.45) is 0 Å². The van der Waals surface area contributed by atoms with Crippen molar-refractivity contribution in [3.05, 3.63) is 120 Å². The first-order chi connectivity index (χ1) is 32.8. The van der Waals surface area contributed by atoms with Crippen LogP contribution >= 0.6 is 0 Å². The van der Waals surface area contributed by atoms with E-state index in [2.05, 4.69) is 26.3 Å². The minimum atomic E-state index is -1.10. The molecular formula is C52H59N7O10. The van der Waals surface area contributed by atoms with Gasteiger partial charge in [0.25, 0.3) is 11.8 Å². The third-order valence-corrected chi connectivity index (χ3v) is 11.7. The first-order valence-electron chi connectivity index (χ1n) is 23.0. The number of alkyl carbamates (subject to hydrolysis) is 2. The molecular weight excluding hydrogens is 883 g/mol. The van der Waals surface area contributed by atoms with Gasteiger partial charge in [0.05, 0.1) is 18.4 Å². The Balaban J connectivity index is 1.06. The smallest absolute Gasteiger partial charge is 0.408 e. The van der Waals surface area contributed by atoms with Crippen LogP contribution in [0.25, 0.3) is 22.2 Å². The Morgan fingerprint density at radius 2 is 1.06 bits per heavy atom. The van der Waals surface area contributed by atoms with Gasteiger partial charge in [-0.05, 0) is 114 Å². The van der Waals surface area contributed by atoms with Gasteiger partial charge in [0.1, 0.15) is 35.4 Å². The molecule has 2 aliphatic rings. The van der Waals surface area contributed by atoms with Crippen molar-refractivity contribution in [1.82, 2.24) is 25.4 Å². The van der Waals surface area contributed by atoms with Gasteiger partial charge in [-0.25, -0.2) is 14.4 Å². The fourth-order valence-electron chi connectivity index (χ4n) is 8.63. The highest BCUT2D eigenvalue weighted by Crippen LogP contribution is 2.34. The average molecular weight is 942 g/mol. The molecule has 2 saturated heterocycles. The summed E-state index contributed by atoms with van der Waals surface area (Å²) in [7, 11) is 1.27. The SMILES string of the molecule is COC(=O)c1c(-c2ccc(NC(=O)[C@@H]3CCCN3C(=O)C(NC(=O)OC(C)(C)C)c3ccccc3)cc2)[nH]c2ccc(NC(=O)[C@@H]3CCCN3C(=O)C(NC(=O)OC(C)(C)C)c3ccccc3)cc12. The van der Waals surface area contributed by atoms with Gasteiger partial charge in [-0.2, -0.15) is 0 Å². The molecule has 362 valence electrons. The van der Waals surface area contributed by atoms with Crippen molar-refractivity contribution in [3.63, 3.8) is 0 Å². The van der Waals surface area contributed by atoms with Crippen molar-refractivity contribution in [2.75, 3.05) is 30.8 Å². The summed E-state index contributed by atoms with van der Waals surface area (Å²) in [5.41, 5.74) is 2.16. The summed E-state index contributed by atoms with van der Waals surface area (Å²) in [5, 5.41) is 11.7. The monoisotopic (exact) mass is 941 g/mol. The molecule has 5 N–H and O–H groups in total. The number of aromatic amines is 1. The number of H-pyrrole nitrogens is 1. The lowest BCUT2D eigenvalue weighted by Crippen LogP contribution is -2.49. The third kappa shape index (κ3) is 11.9. The maximum atomic E-state index is 14.1. The molecule has 0 radical (unpaired) electrons. The van der Waals surface area contributed by atoms with Crippen LogP contribution in [0.2, 0.25) is 0 Å². The van der Waals surface area contributed by atoms with Crippen molar-refractivity contribution >= 4 is 64.1 Å². The van der Waals surface area contributed by atoms with Crippen LogP contribution in [0.15, 0.2) is 103 Å². The summed E-state index contributed by atoms with van der Waals surface area (Å²) >= 11 is 0. The summed E-state index contributed by atoms with van der Waals surface area (Å²) in [6, 6.07) is 25.7. The van der Waals surface area contributed by atoms with E-state index in [1.54, 1.807) is 145 Å². The van der Waals surface area contributed by atoms with Crippen molar-refractivity contribution in [2.45, 2.75) is 103 Å². The van der Waals surface area contributed by atoms with E-state index in [1.807, 2.05) is 0 Å². The molecule has 2 unspecified atom stereocenters. The van der Waals surface area contributed by atoms with Crippen LogP contribution in [0.4, 0.5) is 21.0 Å². The standard InChI is InChI=1S/C52H59N7O10/c1-51(2,3)68-49(65)56-42(31-16-10-8-11-17-31)46(62)58-28-14-20-38(58)44(60)53-34-24-22-33(23-25-34)41-40(48(64)67-7)36-30-35(26-27-37(36)55-41)54-45(61)39-21-15-29-59(39)47(63)43(32-18-12-9-13-19-32)57-50(66)69-52(4,5)6/h8-13,16-19,22-27,30,38-39,42-43,55H,14-15,20-21,28-29H2,1-7H3,(H,53,60)(H,54,61)(H,56,65)(H,57,66)/t38-,39-,42?,43?/m0/s1. The van der Waals surface area contributed by atoms with Crippen molar-refractivity contribution in [3.8, 4) is 11.3 Å². The highest BCUT2D eigenvalue weighted by molar-refractivity contribution is 6.11. The second kappa shape index (κ2) is 20.7. The zero-order valence-electron chi connectivity index (χ0n) is 39.8. The molecule has 17 nitrogen and oxygen atoms in total. The number of hydrogen-bond acceptors (Lipinski definition) is 10. The number of esters is 1. The maximum absolute atomic E-state index is 14.1. The Morgan fingerprint density at radius 3 is 1.51 bits per heavy atom. The fraction of sp³-hybridized carbons (Fsp3) is 0.365. The van der Waals surface area contributed by atoms with E-state index in [1.165, 1.54) is 16.9 Å². The molecule has 1 aromatic heterocycles. The Kier molecular flexibility index (Phi) is 14.7. The quantitative estimate of drug-likeness (QED) is 0.0600. The van der Waals surface area contributed by atoms with Crippen LogP contribution in [0.3, 0.4) is 0 Å². The number of benzene rings is 4. The number of hydrogen-bond donors (Lipinski definition) is 5. The number of aromatic nitrogens is 1. The number of fused-ring (bicyclic) bond motifs is 1. The van der Waals surface area contributed by atoms with Gasteiger partial charge in [-0.3, -0.25) is 19.2 Å². The zero-order chi connectivity index (χ0) is 49.6. The summed E-state index contributed by atoms with van der Waals surface area (Å²) in [6.07, 6.45) is 0.444. The topological polar surface area (TPSA) is 218 Å². The maximum Gasteiger partial charge on any atom is 0.408 e. The molecule has 0 bridgehead atoms. The predicted molar refractivity (Wildman–Crippen MR) is 259 cm³/mol. The highest BCUT2D eigenvalue weighted by Gasteiger charge is 2.40. The molecule has 7 rings (SSSR count). The van der Waals surface area contributed by atoms with Gasteiger partial charge in [-0.15, -0.1) is 0 Å². The van der Waals surface area contributed by atoms with Crippen LogP contribution in [0.5, 0.6) is 0 Å². The second-order valence-electron chi connectivity index (χ2n) is 19.0. The van der Waals surface area contributed by atoms with Crippen LogP contribution in [-0.2, 0) is 33.4 Å². The summed E-state index contributed by atoms with van der Waals surface area (Å²) in [4.78, 5) is 101. The highest BCUT2D eigenvalue weighted by atomic mass is 16.6. The molecule has 5 aromatic rings. The number of methoxy groups -OCH3 is 1. The van der Waals surface area contributed by atoms with Gasteiger partial charge < -0.3 is 50.3 Å².